The molecule has 4 N–H and O–H groups in total. The molecule has 420 valence electrons. The van der Waals surface area contributed by atoms with Gasteiger partial charge in [-0.3, -0.25) is 0 Å². The second kappa shape index (κ2) is 24.5. The summed E-state index contributed by atoms with van der Waals surface area (Å²) >= 11 is 0. The van der Waals surface area contributed by atoms with Gasteiger partial charge < -0.3 is 54.1 Å². The molecule has 13 heteroatoms. The molecule has 10 aromatic rings. The lowest BCUT2D eigenvalue weighted by molar-refractivity contribution is 0.0765. The van der Waals surface area contributed by atoms with Crippen LogP contribution in [0.15, 0.2) is 291 Å². The van der Waals surface area contributed by atoms with Crippen molar-refractivity contribution in [3.63, 3.8) is 0 Å². The highest BCUT2D eigenvalue weighted by Crippen LogP contribution is 2.48. The van der Waals surface area contributed by atoms with Crippen molar-refractivity contribution in [3.8, 4) is 80.5 Å². The zero-order valence-electron chi connectivity index (χ0n) is 45.6. The second-order valence-electron chi connectivity index (χ2n) is 20.0. The number of halogens is 2. The number of rotatable bonds is 20. The van der Waals surface area contributed by atoms with Crippen molar-refractivity contribution in [1.82, 2.24) is 0 Å². The molecule has 0 radical (unpaired) electrons. The lowest BCUT2D eigenvalue weighted by Gasteiger charge is -2.38. The van der Waals surface area contributed by atoms with E-state index in [4.69, 9.17) is 54.1 Å². The van der Waals surface area contributed by atoms with Gasteiger partial charge in [0.1, 0.15) is 104 Å². The van der Waals surface area contributed by atoms with Gasteiger partial charge in [-0.2, -0.15) is 0 Å². The number of nitrogens with two attached hydrogens (primary N) is 2. The number of anilines is 2. The fourth-order valence-corrected chi connectivity index (χ4v) is 9.96. The monoisotopic (exact) mass is 1130 g/mol. The predicted octanol–water partition coefficient (Wildman–Crippen LogP) is 18.8. The minimum atomic E-state index is -1.28. The predicted molar refractivity (Wildman–Crippen MR) is 323 cm³/mol. The van der Waals surface area contributed by atoms with Gasteiger partial charge in [0, 0.05) is 71.0 Å². The van der Waals surface area contributed by atoms with Crippen LogP contribution in [0.3, 0.4) is 0 Å². The van der Waals surface area contributed by atoms with E-state index in [0.717, 1.165) is 0 Å². The molecule has 2 atom stereocenters. The van der Waals surface area contributed by atoms with Crippen molar-refractivity contribution in [2.24, 2.45) is 0 Å². The fourth-order valence-electron chi connectivity index (χ4n) is 9.96. The van der Waals surface area contributed by atoms with Gasteiger partial charge in [0.15, 0.2) is 11.2 Å². The number of para-hydroxylation sites is 2. The first-order valence-corrected chi connectivity index (χ1v) is 27.3. The molecule has 0 saturated carbocycles. The summed E-state index contributed by atoms with van der Waals surface area (Å²) in [7, 11) is 0. The minimum Gasteiger partial charge on any atom is -0.478 e. The van der Waals surface area contributed by atoms with Crippen molar-refractivity contribution in [3.05, 3.63) is 313 Å². The Labute approximate surface area is 490 Å². The quantitative estimate of drug-likeness (QED) is 0.0706. The molecule has 2 aliphatic carbocycles. The molecule has 0 heterocycles. The molecule has 0 amide bonds. The summed E-state index contributed by atoms with van der Waals surface area (Å²) in [5, 5.41) is 0. The molecule has 0 saturated heterocycles. The summed E-state index contributed by atoms with van der Waals surface area (Å²) in [6.45, 7) is 0. The number of nitrogen functional groups attached to an aromatic ring is 2. The zero-order valence-corrected chi connectivity index (χ0v) is 45.6. The van der Waals surface area contributed by atoms with Crippen LogP contribution in [-0.2, 0) is 15.9 Å². The van der Waals surface area contributed by atoms with E-state index in [-0.39, 0.29) is 12.8 Å². The summed E-state index contributed by atoms with van der Waals surface area (Å²) in [5.41, 5.74) is 12.1. The van der Waals surface area contributed by atoms with E-state index in [2.05, 4.69) is 0 Å². The minimum absolute atomic E-state index is 0.166. The Morgan fingerprint density at radius 1 is 0.294 bits per heavy atom. The first-order valence-electron chi connectivity index (χ1n) is 27.3. The molecule has 10 aromatic carbocycles. The molecular weight excluding hydrogens is 1070 g/mol. The lowest BCUT2D eigenvalue weighted by atomic mass is 9.84. The third kappa shape index (κ3) is 13.4. The van der Waals surface area contributed by atoms with Gasteiger partial charge in [-0.1, -0.05) is 97.1 Å². The standard InChI is InChI=1S/C72H54F2N2O9/c73-49-15-5-19-53(39-49)77-59-25-11-29-63(45-59)84-71(67-33-1-3-35-69(67)82-61-27-9-23-57(43-61)79-55-21-7-17-51(75)41-55)37-13-31-65(47-71)81-66-32-14-38-72(48-66,85-64-30-12-26-60(46-64)78-54-20-6-16-50(74)40-54)68-34-2-4-36-70(68)83-62-28-10-24-58(44-62)80-56-22-8-18-52(76)42-56/h1-46H,47-48,75-76H2. The molecule has 85 heavy (non-hydrogen) atoms. The number of benzene rings is 10. The SMILES string of the molecule is Nc1cccc(Oc2cccc(Oc3ccccc3C3(Oc4cccc(Oc5cccc(F)c5)c4)C=CC=C(OC4=CC=CC(Oc5cccc(Oc6cccc(F)c6)c5)(c5ccccc5Oc5cccc(Oc6cccc(N)c6)c5)C4)C3)c2)c1. The van der Waals surface area contributed by atoms with Crippen LogP contribution in [-0.4, -0.2) is 0 Å². The van der Waals surface area contributed by atoms with Crippen LogP contribution in [0.25, 0.3) is 0 Å². The molecule has 0 spiro atoms. The number of allylic oxidation sites excluding steroid dienone is 4. The fraction of sp³-hybridized carbons (Fsp3) is 0.0556. The number of hydrogen-bond donors (Lipinski definition) is 2. The topological polar surface area (TPSA) is 135 Å². The van der Waals surface area contributed by atoms with Crippen molar-refractivity contribution in [2.45, 2.75) is 24.0 Å². The Morgan fingerprint density at radius 3 is 0.976 bits per heavy atom. The molecule has 0 fully saturated rings. The highest BCUT2D eigenvalue weighted by Gasteiger charge is 2.42. The van der Waals surface area contributed by atoms with Crippen LogP contribution in [0, 0.1) is 11.6 Å². The van der Waals surface area contributed by atoms with Crippen molar-refractivity contribution >= 4 is 11.4 Å². The van der Waals surface area contributed by atoms with Gasteiger partial charge in [-0.15, -0.1) is 0 Å². The zero-order chi connectivity index (χ0) is 58.0. The average Bonchev–Trinajstić information content (AvgIpc) is 2.40. The van der Waals surface area contributed by atoms with Crippen molar-refractivity contribution < 1.29 is 51.4 Å². The van der Waals surface area contributed by atoms with Crippen molar-refractivity contribution in [2.75, 3.05) is 11.5 Å². The third-order valence-corrected chi connectivity index (χ3v) is 13.6. The molecule has 0 bridgehead atoms. The van der Waals surface area contributed by atoms with Gasteiger partial charge in [0.2, 0.25) is 0 Å². The van der Waals surface area contributed by atoms with E-state index in [0.29, 0.717) is 115 Å². The Hall–Kier alpha value is -11.2. The third-order valence-electron chi connectivity index (χ3n) is 13.6. The van der Waals surface area contributed by atoms with Crippen LogP contribution < -0.4 is 49.4 Å². The Morgan fingerprint density at radius 2 is 0.600 bits per heavy atom. The highest BCUT2D eigenvalue weighted by atomic mass is 19.1. The molecule has 2 aliphatic rings. The van der Waals surface area contributed by atoms with Crippen molar-refractivity contribution in [1.29, 1.82) is 0 Å². The first-order chi connectivity index (χ1) is 41.5. The summed E-state index contributed by atoms with van der Waals surface area (Å²) in [6, 6.07) is 70.5. The van der Waals surface area contributed by atoms with Crippen LogP contribution >= 0.6 is 0 Å². The Kier molecular flexibility index (Phi) is 15.7. The van der Waals surface area contributed by atoms with E-state index in [9.17, 15) is 8.78 Å². The van der Waals surface area contributed by atoms with Crippen LogP contribution in [0.2, 0.25) is 0 Å². The molecule has 2 unspecified atom stereocenters. The molecule has 0 aliphatic heterocycles. The summed E-state index contributed by atoms with van der Waals surface area (Å²) < 4.78 is 88.4. The normalized spacial score (nSPS) is 16.0. The summed E-state index contributed by atoms with van der Waals surface area (Å²) in [5.74, 6) is 6.88. The van der Waals surface area contributed by atoms with E-state index < -0.39 is 22.8 Å². The van der Waals surface area contributed by atoms with E-state index in [1.807, 2.05) is 158 Å². The van der Waals surface area contributed by atoms with Gasteiger partial charge in [0.25, 0.3) is 0 Å². The smallest absolute Gasteiger partial charge is 0.163 e. The van der Waals surface area contributed by atoms with Gasteiger partial charge in [-0.05, 0) is 133 Å². The maximum Gasteiger partial charge on any atom is 0.163 e. The summed E-state index contributed by atoms with van der Waals surface area (Å²) in [4.78, 5) is 0. The first kappa shape index (κ1) is 54.4. The lowest BCUT2D eigenvalue weighted by Crippen LogP contribution is -2.35. The van der Waals surface area contributed by atoms with E-state index in [1.54, 1.807) is 97.1 Å². The van der Waals surface area contributed by atoms with E-state index >= 15 is 0 Å². The van der Waals surface area contributed by atoms with Crippen LogP contribution in [0.1, 0.15) is 24.0 Å². The highest BCUT2D eigenvalue weighted by molar-refractivity contribution is 5.53. The van der Waals surface area contributed by atoms with Gasteiger partial charge in [0.05, 0.1) is 12.8 Å². The van der Waals surface area contributed by atoms with Crippen LogP contribution in [0.4, 0.5) is 20.2 Å². The Balaban J connectivity index is 0.874. The molecule has 12 rings (SSSR count). The largest absolute Gasteiger partial charge is 0.478 e. The molecule has 0 aromatic heterocycles. The number of hydrogen-bond acceptors (Lipinski definition) is 11. The number of ether oxygens (including phenoxy) is 9. The van der Waals surface area contributed by atoms with Gasteiger partial charge >= 0.3 is 0 Å². The van der Waals surface area contributed by atoms with Gasteiger partial charge in [-0.25, -0.2) is 8.78 Å². The van der Waals surface area contributed by atoms with Crippen LogP contribution in [0.5, 0.6) is 80.5 Å². The maximum absolute atomic E-state index is 14.3. The average molecular weight is 1130 g/mol. The maximum atomic E-state index is 14.3. The van der Waals surface area contributed by atoms with E-state index in [1.165, 1.54) is 24.3 Å². The summed E-state index contributed by atoms with van der Waals surface area (Å²) in [6.07, 6.45) is 11.8. The molecule has 11 nitrogen and oxygen atoms in total. The second-order valence-corrected chi connectivity index (χ2v) is 20.0. The Bertz CT molecular complexity index is 3920. The molecular formula is C72H54F2N2O9.